The average molecular weight is 373 g/mol. The third-order valence-electron chi connectivity index (χ3n) is 5.47. The lowest BCUT2D eigenvalue weighted by Crippen LogP contribution is -2.53. The van der Waals surface area contributed by atoms with Gasteiger partial charge in [-0.15, -0.1) is 0 Å². The van der Waals surface area contributed by atoms with Crippen molar-refractivity contribution in [3.63, 3.8) is 0 Å². The molecule has 1 N–H and O–H groups in total. The van der Waals surface area contributed by atoms with Gasteiger partial charge in [-0.25, -0.2) is 13.1 Å². The Morgan fingerprint density at radius 1 is 1.04 bits per heavy atom. The van der Waals surface area contributed by atoms with Gasteiger partial charge in [0.15, 0.2) is 0 Å². The van der Waals surface area contributed by atoms with Crippen LogP contribution >= 0.6 is 0 Å². The summed E-state index contributed by atoms with van der Waals surface area (Å²) in [4.78, 5) is 2.69. The molecule has 0 radical (unpaired) electrons. The van der Waals surface area contributed by atoms with Crippen LogP contribution < -0.4 is 4.72 Å². The molecule has 0 atom stereocenters. The summed E-state index contributed by atoms with van der Waals surface area (Å²) in [5.74, 6) is 0. The van der Waals surface area contributed by atoms with Gasteiger partial charge in [0.25, 0.3) is 0 Å². The summed E-state index contributed by atoms with van der Waals surface area (Å²) < 4.78 is 28.2. The van der Waals surface area contributed by atoms with Gasteiger partial charge in [-0.2, -0.15) is 0 Å². The smallest absolute Gasteiger partial charge is 0.240 e. The number of rotatable bonds is 5. The van der Waals surface area contributed by atoms with E-state index in [1.54, 1.807) is 12.1 Å². The van der Waals surface area contributed by atoms with Gasteiger partial charge in [-0.3, -0.25) is 4.90 Å². The second-order valence-electron chi connectivity index (χ2n) is 7.82. The van der Waals surface area contributed by atoms with E-state index < -0.39 is 10.0 Å². The van der Waals surface area contributed by atoms with E-state index in [1.165, 1.54) is 11.1 Å². The summed E-state index contributed by atoms with van der Waals surface area (Å²) in [7, 11) is -3.51. The van der Waals surface area contributed by atoms with Gasteiger partial charge in [-0.1, -0.05) is 30.3 Å². The third-order valence-corrected chi connectivity index (χ3v) is 6.87. The molecule has 4 nitrogen and oxygen atoms in total. The number of hydrogen-bond acceptors (Lipinski definition) is 3. The lowest BCUT2D eigenvalue weighted by molar-refractivity contribution is 0.108. The van der Waals surface area contributed by atoms with E-state index in [9.17, 15) is 8.42 Å². The minimum atomic E-state index is -3.51. The maximum Gasteiger partial charge on any atom is 0.240 e. The predicted octanol–water partition coefficient (Wildman–Crippen LogP) is 3.42. The number of hydrogen-bond donors (Lipinski definition) is 1. The Balaban J connectivity index is 1.71. The van der Waals surface area contributed by atoms with Crippen molar-refractivity contribution in [3.05, 3.63) is 64.7 Å². The van der Waals surface area contributed by atoms with Crippen molar-refractivity contribution in [2.24, 2.45) is 0 Å². The Morgan fingerprint density at radius 2 is 1.73 bits per heavy atom. The van der Waals surface area contributed by atoms with Gasteiger partial charge in [-0.05, 0) is 68.5 Å². The molecule has 0 aromatic heterocycles. The first-order chi connectivity index (χ1) is 12.2. The molecular weight excluding hydrogens is 344 g/mol. The molecule has 0 bridgehead atoms. The van der Waals surface area contributed by atoms with Crippen LogP contribution in [0.1, 0.15) is 36.1 Å². The van der Waals surface area contributed by atoms with E-state index in [1.807, 2.05) is 19.9 Å². The molecule has 140 valence electrons. The highest BCUT2D eigenvalue weighted by atomic mass is 32.2. The highest BCUT2D eigenvalue weighted by molar-refractivity contribution is 7.89. The molecule has 3 rings (SSSR count). The number of nitrogens with zero attached hydrogens (tertiary/aromatic N) is 1. The molecule has 0 saturated heterocycles. The topological polar surface area (TPSA) is 49.4 Å². The SMILES string of the molecule is Cc1ccc(S(=O)(=O)NCC(C)(C)N2CCc3ccccc3C2)cc1C. The Morgan fingerprint density at radius 3 is 2.42 bits per heavy atom. The largest absolute Gasteiger partial charge is 0.292 e. The molecule has 0 unspecified atom stereocenters. The van der Waals surface area contributed by atoms with E-state index in [0.29, 0.717) is 11.4 Å². The second-order valence-corrected chi connectivity index (χ2v) is 9.59. The molecule has 1 aliphatic heterocycles. The average Bonchev–Trinajstić information content (AvgIpc) is 2.62. The van der Waals surface area contributed by atoms with Crippen molar-refractivity contribution < 1.29 is 8.42 Å². The van der Waals surface area contributed by atoms with Crippen LogP contribution in [0.25, 0.3) is 0 Å². The molecule has 0 saturated carbocycles. The van der Waals surface area contributed by atoms with Crippen LogP contribution in [0.5, 0.6) is 0 Å². The van der Waals surface area contributed by atoms with Crippen molar-refractivity contribution in [2.75, 3.05) is 13.1 Å². The molecule has 1 heterocycles. The summed E-state index contributed by atoms with van der Waals surface area (Å²) in [5, 5.41) is 0. The number of fused-ring (bicyclic) bond motifs is 1. The molecule has 26 heavy (non-hydrogen) atoms. The maximum atomic E-state index is 12.7. The molecule has 2 aromatic carbocycles. The third kappa shape index (κ3) is 4.00. The minimum Gasteiger partial charge on any atom is -0.292 e. The van der Waals surface area contributed by atoms with Crippen molar-refractivity contribution in [1.29, 1.82) is 0 Å². The van der Waals surface area contributed by atoms with Crippen LogP contribution in [0.2, 0.25) is 0 Å². The minimum absolute atomic E-state index is 0.264. The van der Waals surface area contributed by atoms with Crippen LogP contribution in [0, 0.1) is 13.8 Å². The van der Waals surface area contributed by atoms with Crippen LogP contribution in [-0.4, -0.2) is 31.9 Å². The van der Waals surface area contributed by atoms with Gasteiger partial charge in [0.05, 0.1) is 4.90 Å². The number of sulfonamides is 1. The van der Waals surface area contributed by atoms with Gasteiger partial charge < -0.3 is 0 Å². The van der Waals surface area contributed by atoms with E-state index in [2.05, 4.69) is 47.7 Å². The number of nitrogens with one attached hydrogen (secondary N) is 1. The maximum absolute atomic E-state index is 12.7. The molecule has 0 spiro atoms. The normalized spacial score (nSPS) is 15.7. The Labute approximate surface area is 157 Å². The van der Waals surface area contributed by atoms with E-state index in [0.717, 1.165) is 30.6 Å². The molecule has 0 fully saturated rings. The fraction of sp³-hybridized carbons (Fsp3) is 0.429. The fourth-order valence-corrected chi connectivity index (χ4v) is 4.65. The first kappa shape index (κ1) is 19.1. The van der Waals surface area contributed by atoms with Gasteiger partial charge in [0, 0.05) is 25.2 Å². The lowest BCUT2D eigenvalue weighted by atomic mass is 9.94. The zero-order chi connectivity index (χ0) is 18.9. The van der Waals surface area contributed by atoms with Gasteiger partial charge >= 0.3 is 0 Å². The van der Waals surface area contributed by atoms with E-state index >= 15 is 0 Å². The van der Waals surface area contributed by atoms with E-state index in [4.69, 9.17) is 0 Å². The number of benzene rings is 2. The van der Waals surface area contributed by atoms with Crippen molar-refractivity contribution >= 4 is 10.0 Å². The summed E-state index contributed by atoms with van der Waals surface area (Å²) in [6.07, 6.45) is 1.00. The second kappa shape index (κ2) is 7.14. The quantitative estimate of drug-likeness (QED) is 0.875. The van der Waals surface area contributed by atoms with E-state index in [-0.39, 0.29) is 5.54 Å². The van der Waals surface area contributed by atoms with Crippen LogP contribution in [-0.2, 0) is 23.0 Å². The summed E-state index contributed by atoms with van der Waals surface area (Å²) in [6.45, 7) is 10.3. The van der Waals surface area contributed by atoms with Gasteiger partial charge in [0.2, 0.25) is 10.0 Å². The summed E-state index contributed by atoms with van der Waals surface area (Å²) >= 11 is 0. The Hall–Kier alpha value is -1.69. The number of aryl methyl sites for hydroxylation is 2. The fourth-order valence-electron chi connectivity index (χ4n) is 3.36. The highest BCUT2D eigenvalue weighted by Crippen LogP contribution is 2.25. The first-order valence-corrected chi connectivity index (χ1v) is 10.6. The van der Waals surface area contributed by atoms with Crippen LogP contribution in [0.15, 0.2) is 47.4 Å². The summed E-state index contributed by atoms with van der Waals surface area (Å²) in [5.41, 5.74) is 4.55. The monoisotopic (exact) mass is 372 g/mol. The lowest BCUT2D eigenvalue weighted by Gasteiger charge is -2.41. The van der Waals surface area contributed by atoms with Crippen LogP contribution in [0.4, 0.5) is 0 Å². The molecular formula is C21H28N2O2S. The summed E-state index contributed by atoms with van der Waals surface area (Å²) in [6, 6.07) is 13.8. The Kier molecular flexibility index (Phi) is 5.24. The molecule has 5 heteroatoms. The predicted molar refractivity (Wildman–Crippen MR) is 106 cm³/mol. The standard InChI is InChI=1S/C21H28N2O2S/c1-16-9-10-20(13-17(16)2)26(24,25)22-15-21(3,4)23-12-11-18-7-5-6-8-19(18)14-23/h5-10,13,22H,11-12,14-15H2,1-4H3. The van der Waals surface area contributed by atoms with Crippen molar-refractivity contribution in [1.82, 2.24) is 9.62 Å². The van der Waals surface area contributed by atoms with Crippen LogP contribution in [0.3, 0.4) is 0 Å². The molecule has 2 aromatic rings. The Bertz CT molecular complexity index is 904. The molecule has 0 aliphatic carbocycles. The first-order valence-electron chi connectivity index (χ1n) is 9.08. The zero-order valence-electron chi connectivity index (χ0n) is 16.0. The highest BCUT2D eigenvalue weighted by Gasteiger charge is 2.31. The zero-order valence-corrected chi connectivity index (χ0v) is 16.9. The van der Waals surface area contributed by atoms with Gasteiger partial charge in [0.1, 0.15) is 0 Å². The van der Waals surface area contributed by atoms with Crippen molar-refractivity contribution in [3.8, 4) is 0 Å². The molecule has 0 amide bonds. The molecule has 1 aliphatic rings. The van der Waals surface area contributed by atoms with Crippen molar-refractivity contribution in [2.45, 2.75) is 51.1 Å².